The van der Waals surface area contributed by atoms with Crippen molar-refractivity contribution in [3.63, 3.8) is 0 Å². The number of carbonyl (C=O) groups is 1. The summed E-state index contributed by atoms with van der Waals surface area (Å²) in [5.41, 5.74) is 0. The molecule has 0 aliphatic rings. The molecule has 21 heavy (non-hydrogen) atoms. The smallest absolute Gasteiger partial charge is 0.328 e. The molecule has 0 atom stereocenters. The molecule has 2 nitrogen and oxygen atoms in total. The van der Waals surface area contributed by atoms with Crippen LogP contribution in [0.2, 0.25) is 0 Å². The summed E-state index contributed by atoms with van der Waals surface area (Å²) in [5, 5.41) is 8.41. The number of hydrogen-bond acceptors (Lipinski definition) is 1. The summed E-state index contributed by atoms with van der Waals surface area (Å²) < 4.78 is 0. The van der Waals surface area contributed by atoms with Gasteiger partial charge in [-0.3, -0.25) is 0 Å². The molecule has 0 unspecified atom stereocenters. The molecule has 2 heteroatoms. The van der Waals surface area contributed by atoms with E-state index >= 15 is 0 Å². The number of carboxylic acid groups (broad SMARTS) is 1. The summed E-state index contributed by atoms with van der Waals surface area (Å²) in [6.07, 6.45) is 24.2. The van der Waals surface area contributed by atoms with Crippen molar-refractivity contribution in [2.45, 2.75) is 90.4 Å². The van der Waals surface area contributed by atoms with E-state index in [0.29, 0.717) is 0 Å². The molecule has 122 valence electrons. The second kappa shape index (κ2) is 17.0. The molecule has 1 N–H and O–H groups in total. The maximum Gasteiger partial charge on any atom is 0.328 e. The van der Waals surface area contributed by atoms with Crippen molar-refractivity contribution < 1.29 is 9.90 Å². The van der Waals surface area contributed by atoms with E-state index < -0.39 is 5.97 Å². The zero-order valence-corrected chi connectivity index (χ0v) is 13.9. The lowest BCUT2D eigenvalue weighted by atomic mass is 10.0. The van der Waals surface area contributed by atoms with Gasteiger partial charge in [-0.2, -0.15) is 0 Å². The van der Waals surface area contributed by atoms with Gasteiger partial charge in [0.05, 0.1) is 0 Å². The quantitative estimate of drug-likeness (QED) is 0.219. The molecule has 0 aromatic carbocycles. The van der Waals surface area contributed by atoms with Gasteiger partial charge in [0.25, 0.3) is 0 Å². The van der Waals surface area contributed by atoms with Crippen molar-refractivity contribution in [2.75, 3.05) is 0 Å². The summed E-state index contributed by atoms with van der Waals surface area (Å²) in [7, 11) is 0. The van der Waals surface area contributed by atoms with Crippen LogP contribution in [0, 0.1) is 0 Å². The van der Waals surface area contributed by atoms with Crippen LogP contribution in [0.1, 0.15) is 90.4 Å². The lowest BCUT2D eigenvalue weighted by Crippen LogP contribution is -1.84. The predicted octanol–water partition coefficient (Wildman–Crippen LogP) is 6.27. The van der Waals surface area contributed by atoms with Crippen LogP contribution in [0.15, 0.2) is 24.3 Å². The summed E-state index contributed by atoms with van der Waals surface area (Å²) in [4.78, 5) is 10.2. The maximum absolute atomic E-state index is 10.2. The monoisotopic (exact) mass is 294 g/mol. The third-order valence-electron chi connectivity index (χ3n) is 3.71. The summed E-state index contributed by atoms with van der Waals surface area (Å²) in [6.45, 7) is 2.27. The molecule has 0 rings (SSSR count). The van der Waals surface area contributed by atoms with Crippen LogP contribution in [0.25, 0.3) is 0 Å². The number of carboxylic acids is 1. The molecule has 0 spiro atoms. The average molecular weight is 294 g/mol. The minimum absolute atomic E-state index is 0.884. The molecule has 0 bridgehead atoms. The highest BCUT2D eigenvalue weighted by Gasteiger charge is 1.92. The van der Waals surface area contributed by atoms with E-state index in [2.05, 4.69) is 13.0 Å². The van der Waals surface area contributed by atoms with Crippen LogP contribution in [0.5, 0.6) is 0 Å². The first-order chi connectivity index (χ1) is 10.3. The molecule has 0 saturated carbocycles. The molecule has 0 heterocycles. The van der Waals surface area contributed by atoms with E-state index in [1.807, 2.05) is 6.08 Å². The Morgan fingerprint density at radius 1 is 0.762 bits per heavy atom. The number of unbranched alkanes of at least 4 members (excludes halogenated alkanes) is 12. The van der Waals surface area contributed by atoms with Gasteiger partial charge in [-0.25, -0.2) is 4.79 Å². The van der Waals surface area contributed by atoms with Crippen LogP contribution >= 0.6 is 0 Å². The Morgan fingerprint density at radius 3 is 1.71 bits per heavy atom. The largest absolute Gasteiger partial charge is 0.478 e. The van der Waals surface area contributed by atoms with Crippen LogP contribution in [0.3, 0.4) is 0 Å². The van der Waals surface area contributed by atoms with E-state index in [1.165, 1.54) is 83.1 Å². The Balaban J connectivity index is 3.10. The second-order valence-corrected chi connectivity index (χ2v) is 5.80. The summed E-state index contributed by atoms with van der Waals surface area (Å²) in [6, 6.07) is 0. The summed E-state index contributed by atoms with van der Waals surface area (Å²) in [5.74, 6) is -0.884. The zero-order chi connectivity index (χ0) is 15.6. The van der Waals surface area contributed by atoms with E-state index in [-0.39, 0.29) is 0 Å². The first-order valence-electron chi connectivity index (χ1n) is 8.83. The van der Waals surface area contributed by atoms with E-state index in [4.69, 9.17) is 5.11 Å². The highest BCUT2D eigenvalue weighted by Crippen LogP contribution is 2.12. The zero-order valence-electron chi connectivity index (χ0n) is 13.9. The summed E-state index contributed by atoms with van der Waals surface area (Å²) >= 11 is 0. The van der Waals surface area contributed by atoms with Crippen LogP contribution < -0.4 is 0 Å². The second-order valence-electron chi connectivity index (χ2n) is 5.80. The SMILES string of the molecule is CCCCCCCCCCCCCCC=C/C=C\C(=O)O. The van der Waals surface area contributed by atoms with E-state index in [0.717, 1.165) is 6.42 Å². The Morgan fingerprint density at radius 2 is 1.24 bits per heavy atom. The fourth-order valence-corrected chi connectivity index (χ4v) is 2.42. The molecular formula is C19H34O2. The maximum atomic E-state index is 10.2. The normalized spacial score (nSPS) is 11.7. The number of rotatable bonds is 15. The topological polar surface area (TPSA) is 37.3 Å². The fraction of sp³-hybridized carbons (Fsp3) is 0.737. The minimum atomic E-state index is -0.884. The van der Waals surface area contributed by atoms with Gasteiger partial charge >= 0.3 is 5.97 Å². The van der Waals surface area contributed by atoms with Gasteiger partial charge in [-0.15, -0.1) is 0 Å². The molecule has 0 radical (unpaired) electrons. The average Bonchev–Trinajstić information content (AvgIpc) is 2.46. The molecule has 0 aromatic heterocycles. The minimum Gasteiger partial charge on any atom is -0.478 e. The Kier molecular flexibility index (Phi) is 16.2. The van der Waals surface area contributed by atoms with Gasteiger partial charge in [0.1, 0.15) is 0 Å². The fourth-order valence-electron chi connectivity index (χ4n) is 2.42. The molecular weight excluding hydrogens is 260 g/mol. The first kappa shape index (κ1) is 19.9. The van der Waals surface area contributed by atoms with E-state index in [1.54, 1.807) is 6.08 Å². The lowest BCUT2D eigenvalue weighted by molar-refractivity contribution is -0.131. The predicted molar refractivity (Wildman–Crippen MR) is 91.6 cm³/mol. The molecule has 0 aromatic rings. The van der Waals surface area contributed by atoms with Crippen molar-refractivity contribution in [2.24, 2.45) is 0 Å². The van der Waals surface area contributed by atoms with Crippen molar-refractivity contribution in [3.05, 3.63) is 24.3 Å². The highest BCUT2D eigenvalue weighted by atomic mass is 16.4. The molecule has 0 fully saturated rings. The molecule has 0 aliphatic carbocycles. The molecule has 0 amide bonds. The van der Waals surface area contributed by atoms with Crippen LogP contribution in [-0.4, -0.2) is 11.1 Å². The molecule has 0 aliphatic heterocycles. The number of aliphatic carboxylic acids is 1. The highest BCUT2D eigenvalue weighted by molar-refractivity contribution is 5.80. The van der Waals surface area contributed by atoms with Gasteiger partial charge in [-0.05, 0) is 12.8 Å². The van der Waals surface area contributed by atoms with Gasteiger partial charge in [-0.1, -0.05) is 95.8 Å². The number of allylic oxidation sites excluding steroid dienone is 3. The van der Waals surface area contributed by atoms with Crippen molar-refractivity contribution >= 4 is 5.97 Å². The Labute approximate surface area is 131 Å². The van der Waals surface area contributed by atoms with Crippen molar-refractivity contribution in [3.8, 4) is 0 Å². The van der Waals surface area contributed by atoms with Gasteiger partial charge in [0, 0.05) is 6.08 Å². The van der Waals surface area contributed by atoms with Crippen LogP contribution in [-0.2, 0) is 4.79 Å². The Hall–Kier alpha value is -1.05. The van der Waals surface area contributed by atoms with Gasteiger partial charge < -0.3 is 5.11 Å². The third kappa shape index (κ3) is 18.9. The van der Waals surface area contributed by atoms with Gasteiger partial charge in [0.15, 0.2) is 0 Å². The standard InChI is InChI=1S/C19H34O2/c1-2-3-4-5-6-7-8-9-10-11-12-13-14-15-16-17-18-19(20)21/h15-18H,2-14H2,1H3,(H,20,21)/b16-15?,18-17-. The lowest BCUT2D eigenvalue weighted by Gasteiger charge is -2.02. The Bertz CT molecular complexity index is 279. The first-order valence-corrected chi connectivity index (χ1v) is 8.83. The third-order valence-corrected chi connectivity index (χ3v) is 3.71. The number of hydrogen-bond donors (Lipinski definition) is 1. The van der Waals surface area contributed by atoms with Gasteiger partial charge in [0.2, 0.25) is 0 Å². The van der Waals surface area contributed by atoms with Crippen molar-refractivity contribution in [1.29, 1.82) is 0 Å². The van der Waals surface area contributed by atoms with E-state index in [9.17, 15) is 4.79 Å². The molecule has 0 saturated heterocycles. The van der Waals surface area contributed by atoms with Crippen LogP contribution in [0.4, 0.5) is 0 Å². The van der Waals surface area contributed by atoms with Crippen molar-refractivity contribution in [1.82, 2.24) is 0 Å².